The van der Waals surface area contributed by atoms with Gasteiger partial charge in [-0.15, -0.1) is 0 Å². The van der Waals surface area contributed by atoms with Gasteiger partial charge in [0.2, 0.25) is 0 Å². The van der Waals surface area contributed by atoms with Crippen LogP contribution in [0.15, 0.2) is 24.3 Å². The van der Waals surface area contributed by atoms with E-state index in [0.29, 0.717) is 0 Å². The summed E-state index contributed by atoms with van der Waals surface area (Å²) in [7, 11) is 0. The van der Waals surface area contributed by atoms with Crippen molar-refractivity contribution in [1.82, 2.24) is 4.90 Å². The molecule has 0 atom stereocenters. The van der Waals surface area contributed by atoms with E-state index in [-0.39, 0.29) is 0 Å². The number of nitrogen functional groups attached to an aromatic ring is 1. The Balaban J connectivity index is 1.90. The Morgan fingerprint density at radius 2 is 2.00 bits per heavy atom. The Kier molecular flexibility index (Phi) is 5.02. The number of anilines is 1. The van der Waals surface area contributed by atoms with E-state index in [1.807, 2.05) is 12.1 Å². The normalized spacial score (nSPS) is 17.2. The van der Waals surface area contributed by atoms with Gasteiger partial charge in [0.05, 0.1) is 0 Å². The van der Waals surface area contributed by atoms with Gasteiger partial charge in [0.15, 0.2) is 0 Å². The van der Waals surface area contributed by atoms with E-state index in [1.165, 1.54) is 18.4 Å². The number of hydrogen-bond acceptors (Lipinski definition) is 3. The summed E-state index contributed by atoms with van der Waals surface area (Å²) in [6, 6.07) is 8.17. The topological polar surface area (TPSA) is 38.5 Å². The molecule has 0 bridgehead atoms. The zero-order valence-corrected chi connectivity index (χ0v) is 11.3. The first-order valence-corrected chi connectivity index (χ1v) is 6.93. The molecule has 100 valence electrons. The van der Waals surface area contributed by atoms with Crippen LogP contribution in [0.25, 0.3) is 0 Å². The third-order valence-electron chi connectivity index (χ3n) is 3.75. The van der Waals surface area contributed by atoms with E-state index in [0.717, 1.165) is 44.5 Å². The molecular weight excluding hydrogens is 224 g/mol. The van der Waals surface area contributed by atoms with E-state index in [9.17, 15) is 0 Å². The van der Waals surface area contributed by atoms with Crippen LogP contribution in [0.4, 0.5) is 5.69 Å². The quantitative estimate of drug-likeness (QED) is 0.814. The molecule has 3 nitrogen and oxygen atoms in total. The minimum atomic E-state index is 0.781. The van der Waals surface area contributed by atoms with Gasteiger partial charge in [-0.3, -0.25) is 4.90 Å². The van der Waals surface area contributed by atoms with Gasteiger partial charge in [-0.05, 0) is 36.9 Å². The zero-order valence-electron chi connectivity index (χ0n) is 11.3. The molecule has 0 aromatic heterocycles. The largest absolute Gasteiger partial charge is 0.398 e. The van der Waals surface area contributed by atoms with E-state index < -0.39 is 0 Å². The Hall–Kier alpha value is -1.06. The van der Waals surface area contributed by atoms with Crippen molar-refractivity contribution in [2.24, 2.45) is 5.92 Å². The SMILES string of the molecule is CCN(Cc1ccccc1N)CC1CCOCC1. The van der Waals surface area contributed by atoms with Crippen LogP contribution in [-0.2, 0) is 11.3 Å². The number of ether oxygens (including phenoxy) is 1. The highest BCUT2D eigenvalue weighted by Crippen LogP contribution is 2.19. The highest BCUT2D eigenvalue weighted by Gasteiger charge is 2.17. The molecule has 1 saturated heterocycles. The van der Waals surface area contributed by atoms with Crippen LogP contribution >= 0.6 is 0 Å². The number of hydrogen-bond donors (Lipinski definition) is 1. The van der Waals surface area contributed by atoms with Crippen LogP contribution in [-0.4, -0.2) is 31.2 Å². The molecule has 0 radical (unpaired) electrons. The van der Waals surface area contributed by atoms with E-state index in [2.05, 4.69) is 24.0 Å². The van der Waals surface area contributed by atoms with Crippen molar-refractivity contribution < 1.29 is 4.74 Å². The second kappa shape index (κ2) is 6.76. The predicted molar refractivity (Wildman–Crippen MR) is 75.3 cm³/mol. The van der Waals surface area contributed by atoms with Crippen LogP contribution in [0, 0.1) is 5.92 Å². The minimum absolute atomic E-state index is 0.781. The molecular formula is C15H24N2O. The molecule has 1 aliphatic rings. The first-order chi connectivity index (χ1) is 8.79. The van der Waals surface area contributed by atoms with Crippen LogP contribution in [0.5, 0.6) is 0 Å². The summed E-state index contributed by atoms with van der Waals surface area (Å²) in [5.74, 6) is 0.781. The second-order valence-corrected chi connectivity index (χ2v) is 5.08. The number of nitrogens with two attached hydrogens (primary N) is 1. The van der Waals surface area contributed by atoms with Crippen molar-refractivity contribution in [1.29, 1.82) is 0 Å². The average Bonchev–Trinajstić information content (AvgIpc) is 2.41. The van der Waals surface area contributed by atoms with Crippen molar-refractivity contribution in [3.8, 4) is 0 Å². The molecule has 1 heterocycles. The van der Waals surface area contributed by atoms with Gasteiger partial charge in [-0.25, -0.2) is 0 Å². The molecule has 18 heavy (non-hydrogen) atoms. The van der Waals surface area contributed by atoms with Gasteiger partial charge in [0.25, 0.3) is 0 Å². The van der Waals surface area contributed by atoms with Gasteiger partial charge in [0.1, 0.15) is 0 Å². The monoisotopic (exact) mass is 248 g/mol. The molecule has 1 fully saturated rings. The fourth-order valence-corrected chi connectivity index (χ4v) is 2.52. The van der Waals surface area contributed by atoms with Crippen LogP contribution in [0.2, 0.25) is 0 Å². The molecule has 1 aromatic carbocycles. The van der Waals surface area contributed by atoms with Gasteiger partial charge in [-0.1, -0.05) is 25.1 Å². The van der Waals surface area contributed by atoms with Crippen LogP contribution in [0.1, 0.15) is 25.3 Å². The highest BCUT2D eigenvalue weighted by atomic mass is 16.5. The molecule has 2 N–H and O–H groups in total. The molecule has 0 spiro atoms. The lowest BCUT2D eigenvalue weighted by Gasteiger charge is -2.29. The fraction of sp³-hybridized carbons (Fsp3) is 0.600. The van der Waals surface area contributed by atoms with Crippen molar-refractivity contribution in [2.45, 2.75) is 26.3 Å². The lowest BCUT2D eigenvalue weighted by molar-refractivity contribution is 0.0522. The van der Waals surface area contributed by atoms with Gasteiger partial charge in [0, 0.05) is 32.0 Å². The summed E-state index contributed by atoms with van der Waals surface area (Å²) >= 11 is 0. The van der Waals surface area contributed by atoms with Crippen molar-refractivity contribution >= 4 is 5.69 Å². The first-order valence-electron chi connectivity index (χ1n) is 6.93. The number of rotatable bonds is 5. The maximum absolute atomic E-state index is 6.01. The zero-order chi connectivity index (χ0) is 12.8. The molecule has 0 aliphatic carbocycles. The van der Waals surface area contributed by atoms with Gasteiger partial charge < -0.3 is 10.5 Å². The summed E-state index contributed by atoms with van der Waals surface area (Å²) < 4.78 is 5.41. The Morgan fingerprint density at radius 3 is 2.67 bits per heavy atom. The van der Waals surface area contributed by atoms with E-state index in [1.54, 1.807) is 0 Å². The summed E-state index contributed by atoms with van der Waals surface area (Å²) in [5, 5.41) is 0. The molecule has 0 amide bonds. The summed E-state index contributed by atoms with van der Waals surface area (Å²) in [5.41, 5.74) is 8.16. The standard InChI is InChI=1S/C15H24N2O/c1-2-17(11-13-7-9-18-10-8-13)12-14-5-3-4-6-15(14)16/h3-6,13H,2,7-12,16H2,1H3. The van der Waals surface area contributed by atoms with E-state index >= 15 is 0 Å². The maximum Gasteiger partial charge on any atom is 0.0469 e. The lowest BCUT2D eigenvalue weighted by Crippen LogP contribution is -2.32. The molecule has 3 heteroatoms. The van der Waals surface area contributed by atoms with Crippen LogP contribution in [0.3, 0.4) is 0 Å². The number of nitrogens with zero attached hydrogens (tertiary/aromatic N) is 1. The van der Waals surface area contributed by atoms with Gasteiger partial charge >= 0.3 is 0 Å². The number of para-hydroxylation sites is 1. The molecule has 0 unspecified atom stereocenters. The lowest BCUT2D eigenvalue weighted by atomic mass is 9.99. The fourth-order valence-electron chi connectivity index (χ4n) is 2.52. The molecule has 1 aliphatic heterocycles. The number of benzene rings is 1. The van der Waals surface area contributed by atoms with Crippen molar-refractivity contribution in [3.63, 3.8) is 0 Å². The average molecular weight is 248 g/mol. The first kappa shape index (κ1) is 13.4. The predicted octanol–water partition coefficient (Wildman–Crippen LogP) is 2.52. The van der Waals surface area contributed by atoms with E-state index in [4.69, 9.17) is 10.5 Å². The summed E-state index contributed by atoms with van der Waals surface area (Å²) in [6.07, 6.45) is 2.39. The Morgan fingerprint density at radius 1 is 1.28 bits per heavy atom. The van der Waals surface area contributed by atoms with Gasteiger partial charge in [-0.2, -0.15) is 0 Å². The third-order valence-corrected chi connectivity index (χ3v) is 3.75. The summed E-state index contributed by atoms with van der Waals surface area (Å²) in [6.45, 7) is 7.27. The Bertz CT molecular complexity index is 361. The molecule has 0 saturated carbocycles. The smallest absolute Gasteiger partial charge is 0.0469 e. The minimum Gasteiger partial charge on any atom is -0.398 e. The second-order valence-electron chi connectivity index (χ2n) is 5.08. The van der Waals surface area contributed by atoms with Crippen molar-refractivity contribution in [3.05, 3.63) is 29.8 Å². The summed E-state index contributed by atoms with van der Waals surface area (Å²) in [4.78, 5) is 2.49. The Labute approximate surface area is 110 Å². The third kappa shape index (κ3) is 3.72. The van der Waals surface area contributed by atoms with Crippen LogP contribution < -0.4 is 5.73 Å². The molecule has 1 aromatic rings. The maximum atomic E-state index is 6.01. The van der Waals surface area contributed by atoms with Crippen molar-refractivity contribution in [2.75, 3.05) is 32.0 Å². The molecule has 2 rings (SSSR count). The highest BCUT2D eigenvalue weighted by molar-refractivity contribution is 5.46.